The van der Waals surface area contributed by atoms with Crippen molar-refractivity contribution in [1.29, 1.82) is 0 Å². The van der Waals surface area contributed by atoms with Gasteiger partial charge in [-0.25, -0.2) is 0 Å². The molecule has 0 atom stereocenters. The maximum Gasteiger partial charge on any atom is 0.128 e. The number of rotatable bonds is 8. The Hall–Kier alpha value is -2.53. The third-order valence-electron chi connectivity index (χ3n) is 4.30. The molecule has 0 amide bonds. The number of hydrogen-bond acceptors (Lipinski definition) is 3. The summed E-state index contributed by atoms with van der Waals surface area (Å²) in [6, 6.07) is 19.8. The Morgan fingerprint density at radius 1 is 0.929 bits per heavy atom. The molecule has 0 spiro atoms. The van der Waals surface area contributed by atoms with E-state index >= 15 is 0 Å². The van der Waals surface area contributed by atoms with E-state index in [1.54, 1.807) is 30.3 Å². The highest BCUT2D eigenvalue weighted by Crippen LogP contribution is 2.24. The number of hydrogen-bond donors (Lipinski definition) is 1. The van der Waals surface area contributed by atoms with Gasteiger partial charge >= 0.3 is 0 Å². The number of nitrogens with two attached hydrogens (primary N) is 1. The topological polar surface area (TPSA) is 66.0 Å². The maximum absolute atomic E-state index is 10.8. The fourth-order valence-electron chi connectivity index (χ4n) is 2.79. The lowest BCUT2D eigenvalue weighted by Gasteiger charge is -2.12. The minimum Gasteiger partial charge on any atom is -0.545 e. The Morgan fingerprint density at radius 2 is 1.68 bits per heavy atom. The lowest BCUT2D eigenvalue weighted by molar-refractivity contribution is -0.686. The molecule has 0 aromatic heterocycles. The molecular weight excluding hydrogens is 397 g/mol. The highest BCUT2D eigenvalue weighted by Gasteiger charge is 2.09. The van der Waals surface area contributed by atoms with Crippen molar-refractivity contribution < 1.29 is 20.0 Å². The van der Waals surface area contributed by atoms with Crippen LogP contribution in [0.25, 0.3) is 0 Å². The second-order valence-corrected chi connectivity index (χ2v) is 7.16. The number of carbonyl (C=O) groups excluding carboxylic acids is 1. The van der Waals surface area contributed by atoms with E-state index in [2.05, 4.69) is 5.32 Å². The van der Waals surface area contributed by atoms with Crippen molar-refractivity contribution in [1.82, 2.24) is 0 Å². The molecular formula is C22H19Cl2NO3. The molecule has 0 unspecified atom stereocenters. The van der Waals surface area contributed by atoms with Crippen molar-refractivity contribution in [2.24, 2.45) is 0 Å². The summed E-state index contributed by atoms with van der Waals surface area (Å²) < 4.78 is 5.97. The van der Waals surface area contributed by atoms with Gasteiger partial charge in [-0.2, -0.15) is 0 Å². The molecule has 3 aromatic carbocycles. The van der Waals surface area contributed by atoms with Crippen LogP contribution in [-0.2, 0) is 19.7 Å². The van der Waals surface area contributed by atoms with Crippen molar-refractivity contribution >= 4 is 29.2 Å². The fraction of sp³-hybridized carbons (Fsp3) is 0.136. The summed E-state index contributed by atoms with van der Waals surface area (Å²) >= 11 is 12.3. The first kappa shape index (κ1) is 20.2. The van der Waals surface area contributed by atoms with E-state index in [0.717, 1.165) is 22.4 Å². The first-order valence-electron chi connectivity index (χ1n) is 8.79. The highest BCUT2D eigenvalue weighted by atomic mass is 35.5. The second kappa shape index (κ2) is 9.60. The van der Waals surface area contributed by atoms with Crippen LogP contribution in [0.5, 0.6) is 5.75 Å². The molecule has 0 heterocycles. The number of carboxylic acids is 1. The number of benzene rings is 3. The van der Waals surface area contributed by atoms with Crippen molar-refractivity contribution in [3.8, 4) is 5.75 Å². The Bertz CT molecular complexity index is 958. The van der Waals surface area contributed by atoms with E-state index in [-0.39, 0.29) is 5.56 Å². The monoisotopic (exact) mass is 415 g/mol. The first-order chi connectivity index (χ1) is 13.5. The van der Waals surface area contributed by atoms with Crippen molar-refractivity contribution in [2.45, 2.75) is 19.7 Å². The zero-order valence-corrected chi connectivity index (χ0v) is 16.5. The summed E-state index contributed by atoms with van der Waals surface area (Å²) in [5.74, 6) is -0.414. The Morgan fingerprint density at radius 3 is 2.39 bits per heavy atom. The van der Waals surface area contributed by atoms with E-state index in [9.17, 15) is 9.90 Å². The van der Waals surface area contributed by atoms with Crippen molar-refractivity contribution in [2.75, 3.05) is 0 Å². The molecule has 0 fully saturated rings. The lowest BCUT2D eigenvalue weighted by Crippen LogP contribution is -2.80. The predicted molar refractivity (Wildman–Crippen MR) is 107 cm³/mol. The first-order valence-corrected chi connectivity index (χ1v) is 9.55. The van der Waals surface area contributed by atoms with E-state index < -0.39 is 5.97 Å². The Labute approximate surface area is 173 Å². The number of ether oxygens (including phenoxy) is 1. The molecule has 0 saturated heterocycles. The number of carboxylic acid groups (broad SMARTS) is 1. The summed E-state index contributed by atoms with van der Waals surface area (Å²) in [4.78, 5) is 10.8. The standard InChI is InChI=1S/C22H19Cl2NO3/c23-19-9-10-21(28-14-17-3-1-2-4-20(17)24)18(11-19)13-25-12-15-5-7-16(8-6-15)22(26)27/h1-11,25H,12-14H2,(H,26,27). The zero-order valence-electron chi connectivity index (χ0n) is 15.0. The van der Waals surface area contributed by atoms with Crippen LogP contribution < -0.4 is 15.2 Å². The van der Waals surface area contributed by atoms with Gasteiger partial charge in [0.25, 0.3) is 0 Å². The van der Waals surface area contributed by atoms with Gasteiger partial charge in [0.15, 0.2) is 0 Å². The zero-order chi connectivity index (χ0) is 19.9. The van der Waals surface area contributed by atoms with Crippen LogP contribution in [0.2, 0.25) is 10.0 Å². The molecule has 0 aliphatic carbocycles. The molecule has 0 aliphatic heterocycles. The van der Waals surface area contributed by atoms with Crippen LogP contribution in [0.3, 0.4) is 0 Å². The molecule has 4 nitrogen and oxygen atoms in total. The van der Waals surface area contributed by atoms with Crippen molar-refractivity contribution in [3.63, 3.8) is 0 Å². The predicted octanol–water partition coefficient (Wildman–Crippen LogP) is 3.20. The largest absolute Gasteiger partial charge is 0.545 e. The summed E-state index contributed by atoms with van der Waals surface area (Å²) in [7, 11) is 0. The Balaban J connectivity index is 1.62. The van der Waals surface area contributed by atoms with Gasteiger partial charge in [0.2, 0.25) is 0 Å². The van der Waals surface area contributed by atoms with Gasteiger partial charge in [-0.15, -0.1) is 0 Å². The summed E-state index contributed by atoms with van der Waals surface area (Å²) in [6.45, 7) is 1.74. The van der Waals surface area contributed by atoms with Crippen LogP contribution in [-0.4, -0.2) is 5.97 Å². The van der Waals surface area contributed by atoms with Gasteiger partial charge in [0.05, 0.1) is 5.97 Å². The van der Waals surface area contributed by atoms with Crippen LogP contribution in [0, 0.1) is 0 Å². The van der Waals surface area contributed by atoms with Crippen LogP contribution >= 0.6 is 23.2 Å². The van der Waals surface area contributed by atoms with Gasteiger partial charge in [-0.1, -0.05) is 65.7 Å². The molecule has 0 aliphatic rings. The summed E-state index contributed by atoms with van der Waals surface area (Å²) in [6.07, 6.45) is 0. The van der Waals surface area contributed by atoms with E-state index in [0.29, 0.717) is 29.7 Å². The summed E-state index contributed by atoms with van der Waals surface area (Å²) in [5, 5.41) is 14.2. The van der Waals surface area contributed by atoms with E-state index in [1.807, 2.05) is 36.4 Å². The van der Waals surface area contributed by atoms with Gasteiger partial charge in [0.1, 0.15) is 25.4 Å². The minimum atomic E-state index is -1.17. The number of aromatic carboxylic acids is 1. The molecule has 6 heteroatoms. The molecule has 0 radical (unpaired) electrons. The number of halogens is 2. The van der Waals surface area contributed by atoms with Gasteiger partial charge in [-0.05, 0) is 29.8 Å². The fourth-order valence-corrected chi connectivity index (χ4v) is 3.18. The second-order valence-electron chi connectivity index (χ2n) is 6.31. The Kier molecular flexibility index (Phi) is 6.93. The molecule has 0 bridgehead atoms. The summed E-state index contributed by atoms with van der Waals surface area (Å²) in [5.41, 5.74) is 3.09. The number of carbonyl (C=O) groups is 1. The van der Waals surface area contributed by atoms with Gasteiger partial charge in [0, 0.05) is 26.7 Å². The average Bonchev–Trinajstić information content (AvgIpc) is 2.69. The molecule has 3 aromatic rings. The third-order valence-corrected chi connectivity index (χ3v) is 4.90. The van der Waals surface area contributed by atoms with Crippen LogP contribution in [0.1, 0.15) is 27.0 Å². The van der Waals surface area contributed by atoms with E-state index in [1.165, 1.54) is 0 Å². The lowest BCUT2D eigenvalue weighted by atomic mass is 10.1. The highest BCUT2D eigenvalue weighted by molar-refractivity contribution is 6.31. The molecule has 3 rings (SSSR count). The number of quaternary nitrogens is 1. The normalized spacial score (nSPS) is 10.6. The maximum atomic E-state index is 10.8. The molecule has 28 heavy (non-hydrogen) atoms. The SMILES string of the molecule is O=C([O-])c1ccc(C[NH2+]Cc2cc(Cl)ccc2OCc2ccccc2Cl)cc1. The van der Waals surface area contributed by atoms with E-state index in [4.69, 9.17) is 27.9 Å². The van der Waals surface area contributed by atoms with Gasteiger partial charge in [-0.3, -0.25) is 0 Å². The third kappa shape index (κ3) is 5.49. The van der Waals surface area contributed by atoms with Crippen LogP contribution in [0.15, 0.2) is 66.7 Å². The van der Waals surface area contributed by atoms with Gasteiger partial charge < -0.3 is 20.0 Å². The average molecular weight is 416 g/mol. The quantitative estimate of drug-likeness (QED) is 0.614. The van der Waals surface area contributed by atoms with Crippen molar-refractivity contribution in [3.05, 3.63) is 99.0 Å². The molecule has 2 N–H and O–H groups in total. The smallest absolute Gasteiger partial charge is 0.128 e. The molecule has 0 saturated carbocycles. The van der Waals surface area contributed by atoms with Crippen LogP contribution in [0.4, 0.5) is 0 Å². The minimum absolute atomic E-state index is 0.175. The molecule has 144 valence electrons.